The van der Waals surface area contributed by atoms with Crippen molar-refractivity contribution in [2.45, 2.75) is 226 Å². The number of esters is 9. The summed E-state index contributed by atoms with van der Waals surface area (Å²) >= 11 is 0. The second kappa shape index (κ2) is 43.9. The fraction of sp³-hybridized carbons (Fsp3) is 0.833. The standard InChI is InChI=1S/C54H89N9O18/c1-8-54(39-79-45(67)30-18-9-21-33-73-42(64)27-15-12-24-36-76-48(70)51(2,3)58-61-55,40-80-46(68)31-19-10-22-34-74-43(65)28-16-13-25-37-77-49(71)52(4,5)59-62-56)41-81-47(69)32-20-11-23-35-75-44(66)29-17-14-26-38-78-50(72)53(6,7)60-63-57/h8-41H2,1-7H3. The van der Waals surface area contributed by atoms with Gasteiger partial charge in [0.25, 0.3) is 0 Å². The van der Waals surface area contributed by atoms with E-state index in [1.165, 1.54) is 41.5 Å². The van der Waals surface area contributed by atoms with Crippen LogP contribution in [0, 0.1) is 5.41 Å². The summed E-state index contributed by atoms with van der Waals surface area (Å²) in [5.41, 5.74) is 20.8. The summed E-state index contributed by atoms with van der Waals surface area (Å²) in [4.78, 5) is 119. The SMILES string of the molecule is CCC(COC(=O)CCCCCOC(=O)CCCCCOC(=O)C(C)(C)N=[N+]=[N-])(COC(=O)CCCCCOC(=O)CCCCCOC(=O)C(C)(C)N=[N+]=[N-])COC(=O)CCCCCOC(=O)CCCCCOC(=O)C(C)(C)N=[N+]=[N-]. The molecule has 27 heteroatoms. The van der Waals surface area contributed by atoms with Gasteiger partial charge in [-0.25, -0.2) is 0 Å². The third-order valence-corrected chi connectivity index (χ3v) is 12.4. The number of carbonyl (C=O) groups excluding carboxylic acids is 9. The van der Waals surface area contributed by atoms with Gasteiger partial charge in [0.2, 0.25) is 0 Å². The molecule has 0 aliphatic carbocycles. The van der Waals surface area contributed by atoms with Crippen LogP contribution in [0.5, 0.6) is 0 Å². The molecule has 0 bridgehead atoms. The monoisotopic (exact) mass is 1150 g/mol. The minimum absolute atomic E-state index is 0.0711. The van der Waals surface area contributed by atoms with Crippen molar-refractivity contribution in [2.24, 2.45) is 20.8 Å². The van der Waals surface area contributed by atoms with Crippen LogP contribution in [0.15, 0.2) is 15.3 Å². The van der Waals surface area contributed by atoms with Gasteiger partial charge in [-0.1, -0.05) is 22.3 Å². The average molecular weight is 1150 g/mol. The van der Waals surface area contributed by atoms with Crippen molar-refractivity contribution in [3.8, 4) is 0 Å². The summed E-state index contributed by atoms with van der Waals surface area (Å²) in [6, 6.07) is 0. The zero-order valence-corrected chi connectivity index (χ0v) is 48.9. The number of carbonyl (C=O) groups is 9. The molecule has 0 spiro atoms. The van der Waals surface area contributed by atoms with E-state index in [2.05, 4.69) is 30.1 Å². The van der Waals surface area contributed by atoms with Gasteiger partial charge in [0.1, 0.15) is 36.4 Å². The van der Waals surface area contributed by atoms with Gasteiger partial charge in [-0.05, 0) is 180 Å². The van der Waals surface area contributed by atoms with E-state index in [-0.39, 0.29) is 116 Å². The lowest BCUT2D eigenvalue weighted by Gasteiger charge is -2.31. The van der Waals surface area contributed by atoms with Crippen LogP contribution >= 0.6 is 0 Å². The molecule has 0 aliphatic heterocycles. The highest BCUT2D eigenvalue weighted by Gasteiger charge is 2.35. The molecule has 0 rings (SSSR count). The second-order valence-corrected chi connectivity index (χ2v) is 21.0. The lowest BCUT2D eigenvalue weighted by molar-refractivity contribution is -0.163. The fourth-order valence-electron chi connectivity index (χ4n) is 6.89. The third-order valence-electron chi connectivity index (χ3n) is 12.4. The predicted molar refractivity (Wildman–Crippen MR) is 292 cm³/mol. The molecule has 0 saturated heterocycles. The van der Waals surface area contributed by atoms with Crippen LogP contribution in [0.25, 0.3) is 31.3 Å². The minimum Gasteiger partial charge on any atom is -0.466 e. The molecule has 0 aromatic rings. The third kappa shape index (κ3) is 38.4. The quantitative estimate of drug-likeness (QED) is 0.0136. The van der Waals surface area contributed by atoms with E-state index in [9.17, 15) is 43.2 Å². The Hall–Kier alpha value is -6.84. The highest BCUT2D eigenvalue weighted by molar-refractivity contribution is 5.81. The Labute approximate surface area is 475 Å². The first-order chi connectivity index (χ1) is 38.5. The highest BCUT2D eigenvalue weighted by atomic mass is 16.6. The van der Waals surface area contributed by atoms with E-state index in [1.807, 2.05) is 0 Å². The molecular formula is C54H89N9O18. The zero-order valence-electron chi connectivity index (χ0n) is 48.9. The van der Waals surface area contributed by atoms with Gasteiger partial charge >= 0.3 is 53.7 Å². The van der Waals surface area contributed by atoms with Crippen LogP contribution in [0.3, 0.4) is 0 Å². The maximum Gasteiger partial charge on any atom is 0.317 e. The van der Waals surface area contributed by atoms with E-state index in [0.29, 0.717) is 122 Å². The summed E-state index contributed by atoms with van der Waals surface area (Å²) in [5, 5.41) is 10.2. The first kappa shape index (κ1) is 74.2. The van der Waals surface area contributed by atoms with E-state index in [1.54, 1.807) is 6.92 Å². The van der Waals surface area contributed by atoms with Gasteiger partial charge in [0, 0.05) is 53.3 Å². The molecule has 0 saturated carbocycles. The predicted octanol–water partition coefficient (Wildman–Crippen LogP) is 10.9. The van der Waals surface area contributed by atoms with Crippen LogP contribution in [0.4, 0.5) is 0 Å². The van der Waals surface area contributed by atoms with Gasteiger partial charge in [0.05, 0.1) is 45.1 Å². The minimum atomic E-state index is -1.30. The summed E-state index contributed by atoms with van der Waals surface area (Å²) in [5.74, 6) is -4.50. The lowest BCUT2D eigenvalue weighted by atomic mass is 9.88. The molecule has 0 heterocycles. The Morgan fingerprint density at radius 3 is 0.704 bits per heavy atom. The molecular weight excluding hydrogens is 1060 g/mol. The molecule has 0 unspecified atom stereocenters. The first-order valence-corrected chi connectivity index (χ1v) is 28.1. The molecule has 0 aromatic carbocycles. The Kier molecular flexibility index (Phi) is 40.2. The molecule has 458 valence electrons. The van der Waals surface area contributed by atoms with E-state index < -0.39 is 57.8 Å². The molecule has 0 radical (unpaired) electrons. The van der Waals surface area contributed by atoms with E-state index in [4.69, 9.17) is 59.2 Å². The topological polar surface area (TPSA) is 383 Å². The first-order valence-electron chi connectivity index (χ1n) is 28.1. The van der Waals surface area contributed by atoms with Gasteiger partial charge in [0.15, 0.2) is 0 Å². The number of unbranched alkanes of at least 4 members (excludes halogenated alkanes) is 12. The molecule has 0 atom stereocenters. The summed E-state index contributed by atoms with van der Waals surface area (Å²) in [7, 11) is 0. The van der Waals surface area contributed by atoms with Crippen molar-refractivity contribution in [3.63, 3.8) is 0 Å². The van der Waals surface area contributed by atoms with Crippen LogP contribution < -0.4 is 0 Å². The number of nitrogens with zero attached hydrogens (tertiary/aromatic N) is 9. The summed E-state index contributed by atoms with van der Waals surface area (Å²) in [6.07, 6.45) is 10.8. The Balaban J connectivity index is 4.90. The second-order valence-electron chi connectivity index (χ2n) is 21.0. The molecule has 0 N–H and O–H groups in total. The van der Waals surface area contributed by atoms with Crippen molar-refractivity contribution >= 4 is 53.7 Å². The molecule has 0 aromatic heterocycles. The number of hydrogen-bond donors (Lipinski definition) is 0. The Bertz CT molecular complexity index is 1880. The van der Waals surface area contributed by atoms with E-state index >= 15 is 0 Å². The van der Waals surface area contributed by atoms with Gasteiger partial charge in [-0.15, -0.1) is 0 Å². The largest absolute Gasteiger partial charge is 0.466 e. The van der Waals surface area contributed by atoms with Crippen LogP contribution in [0.1, 0.15) is 209 Å². The van der Waals surface area contributed by atoms with Crippen molar-refractivity contribution in [3.05, 3.63) is 31.3 Å². The van der Waals surface area contributed by atoms with Gasteiger partial charge in [-0.3, -0.25) is 43.2 Å². The average Bonchev–Trinajstić information content (AvgIpc) is 3.41. The Morgan fingerprint density at radius 2 is 0.506 bits per heavy atom. The molecule has 27 nitrogen and oxygen atoms in total. The van der Waals surface area contributed by atoms with Crippen LogP contribution in [-0.4, -0.2) is 130 Å². The highest BCUT2D eigenvalue weighted by Crippen LogP contribution is 2.26. The van der Waals surface area contributed by atoms with Crippen molar-refractivity contribution in [1.82, 2.24) is 0 Å². The number of azide groups is 3. The maximum absolute atomic E-state index is 12.9. The van der Waals surface area contributed by atoms with Crippen LogP contribution in [0.2, 0.25) is 0 Å². The van der Waals surface area contributed by atoms with Crippen molar-refractivity contribution in [1.29, 1.82) is 0 Å². The van der Waals surface area contributed by atoms with Crippen molar-refractivity contribution < 1.29 is 85.8 Å². The van der Waals surface area contributed by atoms with Crippen LogP contribution in [-0.2, 0) is 85.8 Å². The maximum atomic E-state index is 12.9. The van der Waals surface area contributed by atoms with E-state index in [0.717, 1.165) is 0 Å². The fourth-order valence-corrected chi connectivity index (χ4v) is 6.89. The number of hydrogen-bond acceptors (Lipinski definition) is 21. The summed E-state index contributed by atoms with van der Waals surface area (Å²) in [6.45, 7) is 10.9. The number of rotatable bonds is 49. The van der Waals surface area contributed by atoms with Gasteiger partial charge < -0.3 is 42.6 Å². The zero-order chi connectivity index (χ0) is 60.8. The lowest BCUT2D eigenvalue weighted by Crippen LogP contribution is -2.39. The molecule has 0 aliphatic rings. The summed E-state index contributed by atoms with van der Waals surface area (Å²) < 4.78 is 48.2. The van der Waals surface area contributed by atoms with Gasteiger partial charge in [-0.2, -0.15) is 0 Å². The number of ether oxygens (including phenoxy) is 9. The molecule has 0 amide bonds. The Morgan fingerprint density at radius 1 is 0.309 bits per heavy atom. The molecule has 0 fully saturated rings. The molecule has 81 heavy (non-hydrogen) atoms. The normalized spacial score (nSPS) is 11.9. The van der Waals surface area contributed by atoms with Crippen molar-refractivity contribution in [2.75, 3.05) is 59.5 Å². The smallest absolute Gasteiger partial charge is 0.317 e.